The van der Waals surface area contributed by atoms with E-state index in [1.807, 2.05) is 90.6 Å². The van der Waals surface area contributed by atoms with Crippen LogP contribution in [0.1, 0.15) is 27.8 Å². The van der Waals surface area contributed by atoms with Gasteiger partial charge < -0.3 is 0 Å². The van der Waals surface area contributed by atoms with Crippen molar-refractivity contribution in [2.75, 3.05) is 0 Å². The standard InChI is InChI=1S/C53H32N4S/c54-33-34-13-11-18-37(29-34)39-25-27-48-46(31-39)53(44-23-9-7-21-42(44)43-22-8-10-24-45(43)53)47-32-40(26-28-49(47)58-48)38-19-12-20-41(30-38)52-56-50(35-14-3-1-4-15-35)55-51(57-52)36-16-5-2-6-17-36/h1-32H. The number of benzene rings is 8. The summed E-state index contributed by atoms with van der Waals surface area (Å²) in [5.74, 6) is 1.90. The third kappa shape index (κ3) is 5.42. The summed E-state index contributed by atoms with van der Waals surface area (Å²) in [5.41, 5.74) is 14.8. The van der Waals surface area contributed by atoms with Crippen LogP contribution in [-0.2, 0) is 5.41 Å². The van der Waals surface area contributed by atoms with Crippen molar-refractivity contribution in [3.63, 3.8) is 0 Å². The van der Waals surface area contributed by atoms with Gasteiger partial charge in [-0.2, -0.15) is 5.26 Å². The number of nitrogens with zero attached hydrogens (tertiary/aromatic N) is 4. The maximum Gasteiger partial charge on any atom is 0.164 e. The molecule has 1 aliphatic heterocycles. The molecule has 5 heteroatoms. The van der Waals surface area contributed by atoms with Gasteiger partial charge in [-0.15, -0.1) is 0 Å². The van der Waals surface area contributed by atoms with Gasteiger partial charge in [0.25, 0.3) is 0 Å². The van der Waals surface area contributed by atoms with Crippen molar-refractivity contribution >= 4 is 11.8 Å². The van der Waals surface area contributed by atoms with Crippen LogP contribution in [-0.4, -0.2) is 15.0 Å². The topological polar surface area (TPSA) is 62.5 Å². The van der Waals surface area contributed by atoms with Crippen molar-refractivity contribution in [3.8, 4) is 73.6 Å². The second kappa shape index (κ2) is 13.7. The summed E-state index contributed by atoms with van der Waals surface area (Å²) in [6.07, 6.45) is 0. The van der Waals surface area contributed by atoms with Crippen molar-refractivity contribution in [1.82, 2.24) is 15.0 Å². The van der Waals surface area contributed by atoms with E-state index in [1.165, 1.54) is 43.2 Å². The molecule has 0 radical (unpaired) electrons. The predicted octanol–water partition coefficient (Wildman–Crippen LogP) is 12.9. The van der Waals surface area contributed by atoms with Crippen LogP contribution >= 0.6 is 11.8 Å². The van der Waals surface area contributed by atoms with Gasteiger partial charge in [0.05, 0.1) is 17.0 Å². The van der Waals surface area contributed by atoms with E-state index in [-0.39, 0.29) is 0 Å². The average molecular weight is 757 g/mol. The molecule has 0 fully saturated rings. The minimum absolute atomic E-state index is 0.567. The number of nitriles is 1. The highest BCUT2D eigenvalue weighted by Gasteiger charge is 2.50. The third-order valence-corrected chi connectivity index (χ3v) is 12.6. The highest BCUT2D eigenvalue weighted by molar-refractivity contribution is 7.99. The monoisotopic (exact) mass is 756 g/mol. The van der Waals surface area contributed by atoms with Crippen LogP contribution in [0, 0.1) is 11.3 Å². The van der Waals surface area contributed by atoms with Crippen LogP contribution in [0.5, 0.6) is 0 Å². The van der Waals surface area contributed by atoms with Crippen LogP contribution in [0.4, 0.5) is 0 Å². The second-order valence-corrected chi connectivity index (χ2v) is 15.8. The molecule has 270 valence electrons. The van der Waals surface area contributed by atoms with E-state index in [4.69, 9.17) is 15.0 Å². The average Bonchev–Trinajstić information content (AvgIpc) is 3.60. The molecule has 1 aromatic heterocycles. The van der Waals surface area contributed by atoms with Gasteiger partial charge in [0.2, 0.25) is 0 Å². The summed E-state index contributed by atoms with van der Waals surface area (Å²) in [5, 5.41) is 9.75. The van der Waals surface area contributed by atoms with E-state index >= 15 is 0 Å². The summed E-state index contributed by atoms with van der Waals surface area (Å²) in [4.78, 5) is 17.5. The smallest absolute Gasteiger partial charge is 0.164 e. The lowest BCUT2D eigenvalue weighted by Crippen LogP contribution is -2.32. The first-order chi connectivity index (χ1) is 28.7. The molecule has 2 aliphatic rings. The lowest BCUT2D eigenvalue weighted by Gasteiger charge is -2.40. The number of hydrogen-bond acceptors (Lipinski definition) is 5. The number of fused-ring (bicyclic) bond motifs is 9. The number of hydrogen-bond donors (Lipinski definition) is 0. The van der Waals surface area contributed by atoms with Crippen LogP contribution < -0.4 is 0 Å². The molecule has 2 heterocycles. The molecule has 0 saturated heterocycles. The molecule has 58 heavy (non-hydrogen) atoms. The highest BCUT2D eigenvalue weighted by Crippen LogP contribution is 2.62. The van der Waals surface area contributed by atoms with Gasteiger partial charge in [0.1, 0.15) is 0 Å². The predicted molar refractivity (Wildman–Crippen MR) is 233 cm³/mol. The molecular formula is C53H32N4S. The van der Waals surface area contributed by atoms with Gasteiger partial charge >= 0.3 is 0 Å². The Morgan fingerprint density at radius 2 is 0.793 bits per heavy atom. The van der Waals surface area contributed by atoms with E-state index in [0.29, 0.717) is 23.0 Å². The number of rotatable bonds is 5. The first kappa shape index (κ1) is 33.9. The summed E-state index contributed by atoms with van der Waals surface area (Å²) in [6.45, 7) is 0. The molecule has 0 amide bonds. The normalized spacial score (nSPS) is 12.9. The Morgan fingerprint density at radius 3 is 1.34 bits per heavy atom. The maximum atomic E-state index is 9.75. The largest absolute Gasteiger partial charge is 0.208 e. The van der Waals surface area contributed by atoms with Crippen molar-refractivity contribution in [1.29, 1.82) is 5.26 Å². The summed E-state index contributed by atoms with van der Waals surface area (Å²) >= 11 is 1.83. The minimum Gasteiger partial charge on any atom is -0.208 e. The lowest BCUT2D eigenvalue weighted by atomic mass is 9.66. The van der Waals surface area contributed by atoms with Gasteiger partial charge in [-0.25, -0.2) is 15.0 Å². The Hall–Kier alpha value is -7.39. The molecule has 0 saturated carbocycles. The van der Waals surface area contributed by atoms with Crippen molar-refractivity contribution in [2.45, 2.75) is 15.2 Å². The second-order valence-electron chi connectivity index (χ2n) is 14.7. The van der Waals surface area contributed by atoms with Crippen molar-refractivity contribution in [3.05, 3.63) is 222 Å². The van der Waals surface area contributed by atoms with Gasteiger partial charge in [0, 0.05) is 26.5 Å². The van der Waals surface area contributed by atoms with Crippen LogP contribution in [0.15, 0.2) is 204 Å². The van der Waals surface area contributed by atoms with E-state index < -0.39 is 5.41 Å². The quantitative estimate of drug-likeness (QED) is 0.175. The van der Waals surface area contributed by atoms with Crippen LogP contribution in [0.25, 0.3) is 67.5 Å². The molecule has 8 aromatic carbocycles. The van der Waals surface area contributed by atoms with Crippen LogP contribution in [0.2, 0.25) is 0 Å². The zero-order chi connectivity index (χ0) is 38.6. The highest BCUT2D eigenvalue weighted by atomic mass is 32.2. The molecule has 9 aromatic rings. The van der Waals surface area contributed by atoms with Gasteiger partial charge in [-0.05, 0) is 98.1 Å². The molecule has 0 atom stereocenters. The zero-order valence-electron chi connectivity index (χ0n) is 31.2. The fourth-order valence-corrected chi connectivity index (χ4v) is 9.96. The van der Waals surface area contributed by atoms with E-state index in [2.05, 4.69) is 121 Å². The van der Waals surface area contributed by atoms with Gasteiger partial charge in [-0.1, -0.05) is 163 Å². The Morgan fingerprint density at radius 1 is 0.362 bits per heavy atom. The zero-order valence-corrected chi connectivity index (χ0v) is 32.0. The summed E-state index contributed by atoms with van der Waals surface area (Å²) in [6, 6.07) is 70.5. The van der Waals surface area contributed by atoms with Crippen molar-refractivity contribution < 1.29 is 0 Å². The first-order valence-electron chi connectivity index (χ1n) is 19.3. The molecule has 1 aliphatic carbocycles. The Labute approximate surface area is 341 Å². The molecule has 4 nitrogen and oxygen atoms in total. The Balaban J connectivity index is 1.10. The Bertz CT molecular complexity index is 3010. The first-order valence-corrected chi connectivity index (χ1v) is 20.1. The fraction of sp³-hybridized carbons (Fsp3) is 0.0189. The minimum atomic E-state index is -0.567. The van der Waals surface area contributed by atoms with E-state index in [9.17, 15) is 5.26 Å². The molecule has 0 unspecified atom stereocenters. The molecule has 1 spiro atoms. The lowest BCUT2D eigenvalue weighted by molar-refractivity contribution is 0.723. The maximum absolute atomic E-state index is 9.75. The SMILES string of the molecule is N#Cc1cccc(-c2ccc3c(c2)C2(c4cc(-c5cccc(-c6nc(-c7ccccc7)nc(-c7ccccc7)n6)c5)ccc4S3)c3ccccc3-c3ccccc32)c1. The summed E-state index contributed by atoms with van der Waals surface area (Å²) < 4.78 is 0. The molecule has 0 bridgehead atoms. The van der Waals surface area contributed by atoms with Crippen molar-refractivity contribution in [2.24, 2.45) is 0 Å². The van der Waals surface area contributed by atoms with Gasteiger partial charge in [0.15, 0.2) is 17.5 Å². The molecule has 0 N–H and O–H groups in total. The van der Waals surface area contributed by atoms with Crippen LogP contribution in [0.3, 0.4) is 0 Å². The molecule has 11 rings (SSSR count). The number of aromatic nitrogens is 3. The summed E-state index contributed by atoms with van der Waals surface area (Å²) in [7, 11) is 0. The van der Waals surface area contributed by atoms with E-state index in [0.717, 1.165) is 38.9 Å². The fourth-order valence-electron chi connectivity index (χ4n) is 8.81. The Kier molecular flexibility index (Phi) is 7.99. The molecular weight excluding hydrogens is 725 g/mol. The van der Waals surface area contributed by atoms with E-state index in [1.54, 1.807) is 0 Å². The third-order valence-electron chi connectivity index (χ3n) is 11.4. The van der Waals surface area contributed by atoms with Gasteiger partial charge in [-0.3, -0.25) is 0 Å².